The Labute approximate surface area is 216 Å². The zero-order valence-electron chi connectivity index (χ0n) is 20.3. The molecule has 3 nitrogen and oxygen atoms in total. The third kappa shape index (κ3) is 5.42. The molecule has 36 heavy (non-hydrogen) atoms. The first-order valence-corrected chi connectivity index (χ1v) is 13.0. The highest BCUT2D eigenvalue weighted by Gasteiger charge is 2.24. The molecule has 1 aliphatic heterocycles. The number of hydrogen-bond acceptors (Lipinski definition) is 3. The molecule has 3 aromatic rings. The summed E-state index contributed by atoms with van der Waals surface area (Å²) in [5.41, 5.74) is 13.3. The lowest BCUT2D eigenvalue weighted by atomic mass is 9.87. The number of alkyl halides is 1. The molecule has 0 bridgehead atoms. The van der Waals surface area contributed by atoms with Crippen LogP contribution in [0.4, 0.5) is 14.5 Å². The summed E-state index contributed by atoms with van der Waals surface area (Å²) in [5, 5.41) is 0.124. The number of anilines is 1. The summed E-state index contributed by atoms with van der Waals surface area (Å²) in [4.78, 5) is 2.26. The third-order valence-electron chi connectivity index (χ3n) is 7.12. The van der Waals surface area contributed by atoms with E-state index in [2.05, 4.69) is 23.1 Å². The maximum atomic E-state index is 14.4. The lowest BCUT2D eigenvalue weighted by Crippen LogP contribution is -2.26. The monoisotopic (exact) mass is 508 g/mol. The molecule has 1 atom stereocenters. The number of nitrogen functional groups attached to an aromatic ring is 1. The normalized spacial score (nSPS) is 18.2. The van der Waals surface area contributed by atoms with Crippen LogP contribution in [0.5, 0.6) is 5.75 Å². The number of allylic oxidation sites excluding steroid dienone is 1. The van der Waals surface area contributed by atoms with E-state index in [1.807, 2.05) is 30.3 Å². The standard InChI is InChI=1S/C30H31ClF2N2O/c31-28-12-7-22(18-29(28)33)26-4-1-3-21-17-23(34)8-11-27(21)30(26)20-5-9-24(10-6-20)36-25-13-16-35(19-25)15-2-14-32/h5-12,17-18,25H,1-4,13-16,19,34H2/t25-/m0/s1. The summed E-state index contributed by atoms with van der Waals surface area (Å²) in [7, 11) is 0. The molecule has 1 heterocycles. The van der Waals surface area contributed by atoms with Gasteiger partial charge < -0.3 is 10.5 Å². The fourth-order valence-corrected chi connectivity index (χ4v) is 5.50. The minimum Gasteiger partial charge on any atom is -0.489 e. The van der Waals surface area contributed by atoms with Crippen molar-refractivity contribution in [3.8, 4) is 5.75 Å². The highest BCUT2D eigenvalue weighted by Crippen LogP contribution is 2.41. The van der Waals surface area contributed by atoms with E-state index < -0.39 is 5.82 Å². The Morgan fingerprint density at radius 3 is 2.58 bits per heavy atom. The minimum absolute atomic E-state index is 0.115. The van der Waals surface area contributed by atoms with Gasteiger partial charge in [-0.15, -0.1) is 0 Å². The first kappa shape index (κ1) is 24.8. The number of aryl methyl sites for hydroxylation is 1. The van der Waals surface area contributed by atoms with Crippen molar-refractivity contribution in [2.75, 3.05) is 32.0 Å². The van der Waals surface area contributed by atoms with E-state index in [0.717, 1.165) is 84.6 Å². The van der Waals surface area contributed by atoms with Crippen LogP contribution in [0.1, 0.15) is 47.9 Å². The average molecular weight is 509 g/mol. The maximum absolute atomic E-state index is 14.4. The van der Waals surface area contributed by atoms with Crippen molar-refractivity contribution in [3.63, 3.8) is 0 Å². The summed E-state index contributed by atoms with van der Waals surface area (Å²) in [5.74, 6) is 0.408. The molecular formula is C30H31ClF2N2O. The molecule has 188 valence electrons. The Morgan fingerprint density at radius 2 is 1.81 bits per heavy atom. The fraction of sp³-hybridized carbons (Fsp3) is 0.333. The summed E-state index contributed by atoms with van der Waals surface area (Å²) in [6.07, 6.45) is 4.31. The topological polar surface area (TPSA) is 38.5 Å². The van der Waals surface area contributed by atoms with Gasteiger partial charge in [-0.05, 0) is 102 Å². The van der Waals surface area contributed by atoms with E-state index in [0.29, 0.717) is 6.42 Å². The Kier molecular flexibility index (Phi) is 7.59. The molecule has 0 unspecified atom stereocenters. The van der Waals surface area contributed by atoms with Crippen LogP contribution < -0.4 is 10.5 Å². The van der Waals surface area contributed by atoms with Gasteiger partial charge in [-0.1, -0.05) is 35.9 Å². The lowest BCUT2D eigenvalue weighted by molar-refractivity contribution is 0.198. The Morgan fingerprint density at radius 1 is 1.00 bits per heavy atom. The SMILES string of the molecule is Nc1ccc2c(c1)CCCC(c1ccc(Cl)c(F)c1)=C2c1ccc(O[C@H]2CCN(CCCF)C2)cc1. The molecule has 6 heteroatoms. The number of halogens is 3. The van der Waals surface area contributed by atoms with E-state index >= 15 is 0 Å². The van der Waals surface area contributed by atoms with Crippen molar-refractivity contribution < 1.29 is 13.5 Å². The predicted molar refractivity (Wildman–Crippen MR) is 144 cm³/mol. The second-order valence-electron chi connectivity index (χ2n) is 9.65. The van der Waals surface area contributed by atoms with Crippen LogP contribution in [0, 0.1) is 5.82 Å². The van der Waals surface area contributed by atoms with Crippen molar-refractivity contribution in [2.24, 2.45) is 0 Å². The van der Waals surface area contributed by atoms with Gasteiger partial charge in [-0.2, -0.15) is 0 Å². The highest BCUT2D eigenvalue weighted by molar-refractivity contribution is 6.30. The summed E-state index contributed by atoms with van der Waals surface area (Å²) < 4.78 is 33.2. The van der Waals surface area contributed by atoms with E-state index in [9.17, 15) is 8.78 Å². The van der Waals surface area contributed by atoms with Crippen LogP contribution in [0.25, 0.3) is 11.1 Å². The quantitative estimate of drug-likeness (QED) is 0.344. The molecule has 1 saturated heterocycles. The second-order valence-corrected chi connectivity index (χ2v) is 10.1. The summed E-state index contributed by atoms with van der Waals surface area (Å²) >= 11 is 5.99. The molecule has 0 aromatic heterocycles. The number of rotatable bonds is 7. The number of nitrogens with zero attached hydrogens (tertiary/aromatic N) is 1. The first-order chi connectivity index (χ1) is 17.5. The van der Waals surface area contributed by atoms with Gasteiger partial charge in [0.05, 0.1) is 11.7 Å². The predicted octanol–water partition coefficient (Wildman–Crippen LogP) is 7.17. The molecule has 2 aliphatic rings. The van der Waals surface area contributed by atoms with Gasteiger partial charge in [0.2, 0.25) is 0 Å². The summed E-state index contributed by atoms with van der Waals surface area (Å²) in [6.45, 7) is 2.27. The molecule has 0 spiro atoms. The van der Waals surface area contributed by atoms with Crippen molar-refractivity contribution in [3.05, 3.63) is 93.8 Å². The van der Waals surface area contributed by atoms with Gasteiger partial charge in [0.25, 0.3) is 0 Å². The van der Waals surface area contributed by atoms with Crippen LogP contribution in [-0.2, 0) is 6.42 Å². The van der Waals surface area contributed by atoms with Crippen LogP contribution in [0.3, 0.4) is 0 Å². The smallest absolute Gasteiger partial charge is 0.142 e. The Bertz CT molecular complexity index is 1260. The number of nitrogens with two attached hydrogens (primary N) is 1. The number of hydrogen-bond donors (Lipinski definition) is 1. The molecule has 1 aliphatic carbocycles. The van der Waals surface area contributed by atoms with E-state index in [1.54, 1.807) is 6.07 Å². The van der Waals surface area contributed by atoms with Gasteiger partial charge in [-0.3, -0.25) is 9.29 Å². The molecular weight excluding hydrogens is 478 g/mol. The Hall–Kier alpha value is -2.89. The molecule has 2 N–H and O–H groups in total. The van der Waals surface area contributed by atoms with E-state index in [4.69, 9.17) is 22.1 Å². The van der Waals surface area contributed by atoms with Crippen LogP contribution in [0.2, 0.25) is 5.02 Å². The molecule has 0 amide bonds. The number of fused-ring (bicyclic) bond motifs is 1. The number of ether oxygens (including phenoxy) is 1. The number of likely N-dealkylation sites (tertiary alicyclic amines) is 1. The molecule has 3 aromatic carbocycles. The van der Waals surface area contributed by atoms with Gasteiger partial charge in [0, 0.05) is 25.3 Å². The Balaban J connectivity index is 1.48. The summed E-state index contributed by atoms with van der Waals surface area (Å²) in [6, 6.07) is 19.3. The minimum atomic E-state index is -0.413. The van der Waals surface area contributed by atoms with Crippen molar-refractivity contribution in [1.82, 2.24) is 4.90 Å². The van der Waals surface area contributed by atoms with Crippen LogP contribution in [0.15, 0.2) is 60.7 Å². The van der Waals surface area contributed by atoms with Crippen molar-refractivity contribution in [2.45, 2.75) is 38.2 Å². The fourth-order valence-electron chi connectivity index (χ4n) is 5.38. The molecule has 0 saturated carbocycles. The molecule has 1 fully saturated rings. The van der Waals surface area contributed by atoms with Gasteiger partial charge in [0.15, 0.2) is 0 Å². The molecule has 0 radical (unpaired) electrons. The lowest BCUT2D eigenvalue weighted by Gasteiger charge is -2.19. The third-order valence-corrected chi connectivity index (χ3v) is 7.43. The zero-order chi connectivity index (χ0) is 25.1. The van der Waals surface area contributed by atoms with Gasteiger partial charge in [0.1, 0.15) is 17.7 Å². The zero-order valence-corrected chi connectivity index (χ0v) is 21.0. The van der Waals surface area contributed by atoms with Gasteiger partial charge >= 0.3 is 0 Å². The second kappa shape index (κ2) is 11.0. The van der Waals surface area contributed by atoms with Crippen molar-refractivity contribution in [1.29, 1.82) is 0 Å². The average Bonchev–Trinajstić information content (AvgIpc) is 3.23. The van der Waals surface area contributed by atoms with Crippen LogP contribution in [-0.4, -0.2) is 37.3 Å². The largest absolute Gasteiger partial charge is 0.489 e. The first-order valence-electron chi connectivity index (χ1n) is 12.6. The van der Waals surface area contributed by atoms with E-state index in [1.165, 1.54) is 11.6 Å². The highest BCUT2D eigenvalue weighted by atomic mass is 35.5. The molecule has 5 rings (SSSR count). The maximum Gasteiger partial charge on any atom is 0.142 e. The van der Waals surface area contributed by atoms with Crippen molar-refractivity contribution >= 4 is 28.4 Å². The van der Waals surface area contributed by atoms with Gasteiger partial charge in [-0.25, -0.2) is 4.39 Å². The van der Waals surface area contributed by atoms with E-state index in [-0.39, 0.29) is 17.8 Å². The number of benzene rings is 3. The van der Waals surface area contributed by atoms with Crippen LogP contribution >= 0.6 is 11.6 Å².